The fourth-order valence-corrected chi connectivity index (χ4v) is 2.25. The summed E-state index contributed by atoms with van der Waals surface area (Å²) in [5, 5.41) is 2.34. The molecule has 0 spiro atoms. The Labute approximate surface area is 122 Å². The van der Waals surface area contributed by atoms with E-state index in [1.807, 2.05) is 12.1 Å². The van der Waals surface area contributed by atoms with Gasteiger partial charge in [0.25, 0.3) is 0 Å². The summed E-state index contributed by atoms with van der Waals surface area (Å²) in [5.74, 6) is 0.936. The van der Waals surface area contributed by atoms with Gasteiger partial charge in [-0.25, -0.2) is 0 Å². The van der Waals surface area contributed by atoms with Crippen molar-refractivity contribution in [2.24, 2.45) is 0 Å². The van der Waals surface area contributed by atoms with Gasteiger partial charge in [0, 0.05) is 16.5 Å². The largest absolute Gasteiger partial charge is 0.497 e. The maximum Gasteiger partial charge on any atom is 0.119 e. The van der Waals surface area contributed by atoms with Gasteiger partial charge < -0.3 is 10.1 Å². The second kappa shape index (κ2) is 7.31. The Morgan fingerprint density at radius 3 is 2.58 bits per heavy atom. The Kier molecular flexibility index (Phi) is 5.43. The molecule has 0 aromatic heterocycles. The quantitative estimate of drug-likeness (QED) is 0.814. The maximum absolute atomic E-state index is 5.23. The zero-order valence-electron chi connectivity index (χ0n) is 11.1. The molecule has 19 heavy (non-hydrogen) atoms. The van der Waals surface area contributed by atoms with E-state index in [1.165, 1.54) is 11.1 Å². The van der Waals surface area contributed by atoms with Gasteiger partial charge in [-0.2, -0.15) is 0 Å². The monoisotopic (exact) mass is 320 g/mol. The summed E-state index contributed by atoms with van der Waals surface area (Å²) in [7, 11) is 1.71. The molecule has 2 nitrogen and oxygen atoms in total. The third-order valence-corrected chi connectivity index (χ3v) is 3.59. The summed E-state index contributed by atoms with van der Waals surface area (Å²) in [4.78, 5) is 0. The highest BCUT2D eigenvalue weighted by Crippen LogP contribution is 2.12. The number of halogens is 1. The summed E-state index contributed by atoms with van der Waals surface area (Å²) >= 11 is 3.45. The molecule has 0 saturated carbocycles. The molecule has 0 atom stereocenters. The molecule has 0 fully saturated rings. The first-order valence-corrected chi connectivity index (χ1v) is 7.26. The second-order valence-electron chi connectivity index (χ2n) is 4.51. The third kappa shape index (κ3) is 4.69. The van der Waals surface area contributed by atoms with Crippen molar-refractivity contribution >= 4 is 15.9 Å². The van der Waals surface area contributed by atoms with Gasteiger partial charge in [0.1, 0.15) is 12.3 Å². The summed E-state index contributed by atoms with van der Waals surface area (Å²) in [6.07, 6.45) is 1.06. The van der Waals surface area contributed by atoms with Gasteiger partial charge in [-0.05, 0) is 29.8 Å². The molecule has 2 aromatic rings. The molecule has 2 rings (SSSR count). The number of hydrogen-bond donors (Lipinski definition) is 1. The number of hydrogen-bond acceptors (Lipinski definition) is 1. The molecule has 0 saturated heterocycles. The van der Waals surface area contributed by atoms with Gasteiger partial charge in [-0.3, -0.25) is 0 Å². The van der Waals surface area contributed by atoms with Crippen molar-refractivity contribution in [1.82, 2.24) is 0 Å². The number of benzene rings is 2. The molecule has 0 aliphatic heterocycles. The zero-order chi connectivity index (χ0) is 13.5. The van der Waals surface area contributed by atoms with Crippen LogP contribution in [0, 0.1) is 0 Å². The van der Waals surface area contributed by atoms with E-state index in [-0.39, 0.29) is 0 Å². The van der Waals surface area contributed by atoms with Gasteiger partial charge in [-0.15, -0.1) is 0 Å². The van der Waals surface area contributed by atoms with Gasteiger partial charge in [0.05, 0.1) is 13.7 Å². The lowest BCUT2D eigenvalue weighted by Crippen LogP contribution is -2.83. The van der Waals surface area contributed by atoms with Crippen molar-refractivity contribution in [1.29, 1.82) is 0 Å². The maximum atomic E-state index is 5.23. The normalized spacial score (nSPS) is 10.4. The lowest BCUT2D eigenvalue weighted by atomic mass is 10.1. The standard InChI is InChI=1S/C16H18BrNO/c1-19-16-4-2-3-13(11-16)9-10-18-12-14-5-7-15(17)8-6-14/h2-8,11,18H,9-10,12H2,1H3/p+1. The van der Waals surface area contributed by atoms with Crippen molar-refractivity contribution in [3.8, 4) is 5.75 Å². The molecule has 0 unspecified atom stereocenters. The Morgan fingerprint density at radius 2 is 1.84 bits per heavy atom. The van der Waals surface area contributed by atoms with E-state index in [0.717, 1.165) is 29.7 Å². The van der Waals surface area contributed by atoms with Gasteiger partial charge in [0.15, 0.2) is 0 Å². The molecule has 2 aromatic carbocycles. The van der Waals surface area contributed by atoms with Gasteiger partial charge >= 0.3 is 0 Å². The topological polar surface area (TPSA) is 25.8 Å². The average molecular weight is 321 g/mol. The molecule has 3 heteroatoms. The molecule has 0 aliphatic carbocycles. The van der Waals surface area contributed by atoms with Crippen LogP contribution in [-0.4, -0.2) is 13.7 Å². The summed E-state index contributed by atoms with van der Waals surface area (Å²) < 4.78 is 6.36. The van der Waals surface area contributed by atoms with E-state index in [1.54, 1.807) is 7.11 Å². The molecule has 0 aliphatic rings. The van der Waals surface area contributed by atoms with Crippen molar-refractivity contribution in [2.75, 3.05) is 13.7 Å². The highest BCUT2D eigenvalue weighted by atomic mass is 79.9. The molecule has 100 valence electrons. The third-order valence-electron chi connectivity index (χ3n) is 3.06. The first-order valence-electron chi connectivity index (χ1n) is 6.47. The van der Waals surface area contributed by atoms with Crippen molar-refractivity contribution < 1.29 is 10.1 Å². The molecule has 2 N–H and O–H groups in total. The zero-order valence-corrected chi connectivity index (χ0v) is 12.7. The van der Waals surface area contributed by atoms with Crippen LogP contribution < -0.4 is 10.1 Å². The SMILES string of the molecule is COc1cccc(CC[NH2+]Cc2ccc(Br)cc2)c1. The molecule has 0 amide bonds. The van der Waals surface area contributed by atoms with Crippen LogP contribution in [0.25, 0.3) is 0 Å². The number of nitrogens with two attached hydrogens (primary N) is 1. The van der Waals surface area contributed by atoms with Crippen LogP contribution in [0.4, 0.5) is 0 Å². The van der Waals surface area contributed by atoms with Crippen LogP contribution in [-0.2, 0) is 13.0 Å². The van der Waals surface area contributed by atoms with E-state index < -0.39 is 0 Å². The lowest BCUT2D eigenvalue weighted by molar-refractivity contribution is -0.670. The van der Waals surface area contributed by atoms with Crippen LogP contribution in [0.3, 0.4) is 0 Å². The summed E-state index contributed by atoms with van der Waals surface area (Å²) in [6.45, 7) is 2.11. The van der Waals surface area contributed by atoms with E-state index >= 15 is 0 Å². The number of rotatable bonds is 6. The molecular formula is C16H19BrNO+. The minimum absolute atomic E-state index is 0.936. The second-order valence-corrected chi connectivity index (χ2v) is 5.43. The molecule has 0 heterocycles. The van der Waals surface area contributed by atoms with E-state index in [9.17, 15) is 0 Å². The average Bonchev–Trinajstić information content (AvgIpc) is 2.46. The van der Waals surface area contributed by atoms with E-state index in [0.29, 0.717) is 0 Å². The Morgan fingerprint density at radius 1 is 1.05 bits per heavy atom. The predicted octanol–water partition coefficient (Wildman–Crippen LogP) is 2.76. The fourth-order valence-electron chi connectivity index (χ4n) is 1.99. The minimum Gasteiger partial charge on any atom is -0.497 e. The first kappa shape index (κ1) is 14.1. The van der Waals surface area contributed by atoms with Crippen molar-refractivity contribution in [3.05, 3.63) is 64.1 Å². The van der Waals surface area contributed by atoms with Crippen molar-refractivity contribution in [2.45, 2.75) is 13.0 Å². The van der Waals surface area contributed by atoms with Crippen molar-refractivity contribution in [3.63, 3.8) is 0 Å². The molecule has 0 radical (unpaired) electrons. The van der Waals surface area contributed by atoms with Crippen LogP contribution in [0.5, 0.6) is 5.75 Å². The Bertz CT molecular complexity index is 510. The van der Waals surface area contributed by atoms with E-state index in [2.05, 4.69) is 57.6 Å². The highest BCUT2D eigenvalue weighted by molar-refractivity contribution is 9.10. The minimum atomic E-state index is 0.936. The number of ether oxygens (including phenoxy) is 1. The van der Waals surface area contributed by atoms with Crippen LogP contribution in [0.2, 0.25) is 0 Å². The highest BCUT2D eigenvalue weighted by Gasteiger charge is 1.99. The molecular weight excluding hydrogens is 302 g/mol. The Balaban J connectivity index is 1.75. The summed E-state index contributed by atoms with van der Waals surface area (Å²) in [5.41, 5.74) is 2.68. The van der Waals surface area contributed by atoms with Crippen LogP contribution in [0.15, 0.2) is 53.0 Å². The smallest absolute Gasteiger partial charge is 0.119 e. The van der Waals surface area contributed by atoms with Gasteiger partial charge in [-0.1, -0.05) is 40.2 Å². The van der Waals surface area contributed by atoms with Crippen LogP contribution in [0.1, 0.15) is 11.1 Å². The lowest BCUT2D eigenvalue weighted by Gasteiger charge is -2.05. The number of quaternary nitrogens is 1. The first-order chi connectivity index (χ1) is 9.28. The van der Waals surface area contributed by atoms with Gasteiger partial charge in [0.2, 0.25) is 0 Å². The Hall–Kier alpha value is -1.32. The predicted molar refractivity (Wildman–Crippen MR) is 81.3 cm³/mol. The summed E-state index contributed by atoms with van der Waals surface area (Å²) in [6, 6.07) is 16.8. The molecule has 0 bridgehead atoms. The fraction of sp³-hybridized carbons (Fsp3) is 0.250. The van der Waals surface area contributed by atoms with Crippen LogP contribution >= 0.6 is 15.9 Å². The van der Waals surface area contributed by atoms with E-state index in [4.69, 9.17) is 4.74 Å². The number of methoxy groups -OCH3 is 1.